The lowest BCUT2D eigenvalue weighted by atomic mass is 10.2. The molecule has 5 nitrogen and oxygen atoms in total. The smallest absolute Gasteiger partial charge is 0.282 e. The molecule has 0 fully saturated rings. The number of ether oxygens (including phenoxy) is 1. The largest absolute Gasteiger partial charge is 0.497 e. The summed E-state index contributed by atoms with van der Waals surface area (Å²) in [4.78, 5) is 18.7. The third-order valence-corrected chi connectivity index (χ3v) is 4.64. The van der Waals surface area contributed by atoms with E-state index in [1.54, 1.807) is 13.3 Å². The highest BCUT2D eigenvalue weighted by Gasteiger charge is 2.11. The maximum atomic E-state index is 12.5. The fourth-order valence-electron chi connectivity index (χ4n) is 2.13. The Kier molecular flexibility index (Phi) is 3.77. The summed E-state index contributed by atoms with van der Waals surface area (Å²) in [6, 6.07) is 7.44. The minimum absolute atomic E-state index is 0.142. The van der Waals surface area contributed by atoms with Crippen molar-refractivity contribution in [3.63, 3.8) is 0 Å². The molecule has 0 spiro atoms. The van der Waals surface area contributed by atoms with E-state index in [-0.39, 0.29) is 5.56 Å². The number of hydrogen-bond donors (Lipinski definition) is 0. The van der Waals surface area contributed by atoms with E-state index in [1.165, 1.54) is 22.3 Å². The normalized spacial score (nSPS) is 11.4. The summed E-state index contributed by atoms with van der Waals surface area (Å²) in [6.07, 6.45) is 3.09. The fraction of sp³-hybridized carbons (Fsp3) is 0.188. The zero-order valence-electron chi connectivity index (χ0n) is 12.5. The van der Waals surface area contributed by atoms with Crippen LogP contribution in [0.15, 0.2) is 40.5 Å². The fourth-order valence-corrected chi connectivity index (χ4v) is 3.11. The Balaban J connectivity index is 1.99. The van der Waals surface area contributed by atoms with Gasteiger partial charge in [0.25, 0.3) is 5.56 Å². The molecule has 2 aromatic heterocycles. The quantitative estimate of drug-likeness (QED) is 0.699. The molecule has 3 rings (SSSR count). The number of aromatic nitrogens is 2. The van der Waals surface area contributed by atoms with Crippen LogP contribution < -0.4 is 10.3 Å². The predicted molar refractivity (Wildman–Crippen MR) is 89.3 cm³/mol. The second kappa shape index (κ2) is 5.73. The van der Waals surface area contributed by atoms with Crippen molar-refractivity contribution < 1.29 is 4.74 Å². The number of rotatable bonds is 3. The monoisotopic (exact) mass is 313 g/mol. The van der Waals surface area contributed by atoms with Gasteiger partial charge in [-0.05, 0) is 49.2 Å². The van der Waals surface area contributed by atoms with E-state index in [9.17, 15) is 4.79 Å². The van der Waals surface area contributed by atoms with Gasteiger partial charge in [-0.25, -0.2) is 4.98 Å². The Morgan fingerprint density at radius 2 is 2.00 bits per heavy atom. The Labute approximate surface area is 131 Å². The molecule has 0 bridgehead atoms. The van der Waals surface area contributed by atoms with Gasteiger partial charge in [0.05, 0.1) is 18.7 Å². The number of methoxy groups -OCH3 is 1. The zero-order valence-corrected chi connectivity index (χ0v) is 13.3. The van der Waals surface area contributed by atoms with Crippen LogP contribution in [0.25, 0.3) is 10.2 Å². The molecular formula is C16H15N3O2S. The van der Waals surface area contributed by atoms with E-state index in [2.05, 4.69) is 10.1 Å². The number of aryl methyl sites for hydroxylation is 2. The van der Waals surface area contributed by atoms with E-state index >= 15 is 0 Å². The first-order valence-corrected chi connectivity index (χ1v) is 7.57. The standard InChI is InChI=1S/C16H15N3O2S/c1-10-11(2)22-15-14(10)16(20)19(9-17-15)18-8-12-4-6-13(21-3)7-5-12/h4-9H,1-3H3. The highest BCUT2D eigenvalue weighted by Crippen LogP contribution is 2.25. The Hall–Kier alpha value is -2.47. The van der Waals surface area contributed by atoms with E-state index < -0.39 is 0 Å². The van der Waals surface area contributed by atoms with Crippen LogP contribution in [0.1, 0.15) is 16.0 Å². The minimum Gasteiger partial charge on any atom is -0.497 e. The van der Waals surface area contributed by atoms with Crippen molar-refractivity contribution in [3.05, 3.63) is 57.0 Å². The number of nitrogens with zero attached hydrogens (tertiary/aromatic N) is 3. The molecule has 0 amide bonds. The van der Waals surface area contributed by atoms with Crippen LogP contribution in [0.5, 0.6) is 5.75 Å². The second-order valence-electron chi connectivity index (χ2n) is 4.88. The Bertz CT molecular complexity index is 908. The molecule has 2 heterocycles. The van der Waals surface area contributed by atoms with Gasteiger partial charge in [-0.15, -0.1) is 11.3 Å². The number of fused-ring (bicyclic) bond motifs is 1. The molecule has 0 atom stereocenters. The van der Waals surface area contributed by atoms with Gasteiger partial charge in [-0.3, -0.25) is 4.79 Å². The number of hydrogen-bond acceptors (Lipinski definition) is 5. The van der Waals surface area contributed by atoms with Crippen LogP contribution in [0.4, 0.5) is 0 Å². The summed E-state index contributed by atoms with van der Waals surface area (Å²) in [6.45, 7) is 3.93. The summed E-state index contributed by atoms with van der Waals surface area (Å²) >= 11 is 1.53. The maximum absolute atomic E-state index is 12.5. The van der Waals surface area contributed by atoms with Crippen LogP contribution >= 0.6 is 11.3 Å². The summed E-state index contributed by atoms with van der Waals surface area (Å²) in [7, 11) is 1.62. The van der Waals surface area contributed by atoms with Crippen molar-refractivity contribution in [3.8, 4) is 5.75 Å². The molecule has 0 N–H and O–H groups in total. The van der Waals surface area contributed by atoms with Crippen molar-refractivity contribution >= 4 is 27.8 Å². The van der Waals surface area contributed by atoms with Crippen LogP contribution in [0.3, 0.4) is 0 Å². The molecule has 3 aromatic rings. The molecule has 6 heteroatoms. The van der Waals surface area contributed by atoms with E-state index in [1.807, 2.05) is 38.1 Å². The van der Waals surface area contributed by atoms with Crippen molar-refractivity contribution in [2.75, 3.05) is 7.11 Å². The van der Waals surface area contributed by atoms with Gasteiger partial charge in [-0.2, -0.15) is 9.78 Å². The van der Waals surface area contributed by atoms with Crippen molar-refractivity contribution in [2.45, 2.75) is 13.8 Å². The lowest BCUT2D eigenvalue weighted by molar-refractivity contribution is 0.415. The summed E-state index contributed by atoms with van der Waals surface area (Å²) in [5.41, 5.74) is 1.72. The Morgan fingerprint density at radius 3 is 2.68 bits per heavy atom. The lowest BCUT2D eigenvalue weighted by Crippen LogP contribution is -2.16. The molecule has 1 aromatic carbocycles. The summed E-state index contributed by atoms with van der Waals surface area (Å²) in [5.74, 6) is 0.779. The topological polar surface area (TPSA) is 56.5 Å². The highest BCUT2D eigenvalue weighted by atomic mass is 32.1. The van der Waals surface area contributed by atoms with Crippen LogP contribution in [0.2, 0.25) is 0 Å². The van der Waals surface area contributed by atoms with Gasteiger partial charge in [0, 0.05) is 4.88 Å². The van der Waals surface area contributed by atoms with Gasteiger partial charge in [-0.1, -0.05) is 0 Å². The first-order chi connectivity index (χ1) is 10.6. The second-order valence-corrected chi connectivity index (χ2v) is 6.08. The molecule has 0 saturated carbocycles. The molecular weight excluding hydrogens is 298 g/mol. The first kappa shape index (κ1) is 14.5. The number of thiophene rings is 1. The minimum atomic E-state index is -0.142. The van der Waals surface area contributed by atoms with E-state index in [0.717, 1.165) is 26.6 Å². The third-order valence-electron chi connectivity index (χ3n) is 3.52. The molecule has 0 saturated heterocycles. The Morgan fingerprint density at radius 1 is 1.27 bits per heavy atom. The third kappa shape index (κ3) is 2.53. The van der Waals surface area contributed by atoms with Crippen molar-refractivity contribution in [2.24, 2.45) is 5.10 Å². The average Bonchev–Trinajstić information content (AvgIpc) is 2.83. The van der Waals surface area contributed by atoms with Gasteiger partial charge in [0.1, 0.15) is 16.9 Å². The predicted octanol–water partition coefficient (Wildman–Crippen LogP) is 2.97. The van der Waals surface area contributed by atoms with Crippen molar-refractivity contribution in [1.29, 1.82) is 0 Å². The zero-order chi connectivity index (χ0) is 15.7. The van der Waals surface area contributed by atoms with Crippen molar-refractivity contribution in [1.82, 2.24) is 9.66 Å². The first-order valence-electron chi connectivity index (χ1n) is 6.76. The molecule has 0 aliphatic heterocycles. The molecule has 0 unspecified atom stereocenters. The van der Waals surface area contributed by atoms with Gasteiger partial charge in [0.15, 0.2) is 0 Å². The lowest BCUT2D eigenvalue weighted by Gasteiger charge is -2.00. The van der Waals surface area contributed by atoms with E-state index in [4.69, 9.17) is 4.74 Å². The SMILES string of the molecule is COc1ccc(C=Nn2cnc3sc(C)c(C)c3c2=O)cc1. The summed E-state index contributed by atoms with van der Waals surface area (Å²) < 4.78 is 6.38. The molecule has 0 aliphatic rings. The molecule has 0 aliphatic carbocycles. The van der Waals surface area contributed by atoms with Gasteiger partial charge >= 0.3 is 0 Å². The van der Waals surface area contributed by atoms with E-state index in [0.29, 0.717) is 5.39 Å². The molecule has 112 valence electrons. The summed E-state index contributed by atoms with van der Waals surface area (Å²) in [5, 5.41) is 4.86. The molecule has 22 heavy (non-hydrogen) atoms. The van der Waals surface area contributed by atoms with Gasteiger partial charge < -0.3 is 4.74 Å². The highest BCUT2D eigenvalue weighted by molar-refractivity contribution is 7.18. The number of benzene rings is 1. The van der Waals surface area contributed by atoms with Crippen LogP contribution in [0, 0.1) is 13.8 Å². The van der Waals surface area contributed by atoms with Crippen LogP contribution in [-0.2, 0) is 0 Å². The average molecular weight is 313 g/mol. The van der Waals surface area contributed by atoms with Crippen LogP contribution in [-0.4, -0.2) is 23.0 Å². The maximum Gasteiger partial charge on any atom is 0.282 e. The molecule has 0 radical (unpaired) electrons. The van der Waals surface area contributed by atoms with Gasteiger partial charge in [0.2, 0.25) is 0 Å².